The van der Waals surface area contributed by atoms with Gasteiger partial charge in [0.2, 0.25) is 0 Å². The topological polar surface area (TPSA) is 64.5 Å². The van der Waals surface area contributed by atoms with E-state index in [-0.39, 0.29) is 6.04 Å². The molecule has 3 nitrogen and oxygen atoms in total. The summed E-state index contributed by atoms with van der Waals surface area (Å²) in [5.41, 5.74) is 8.53. The molecule has 0 amide bonds. The molecule has 6 N–H and O–H groups in total. The lowest BCUT2D eigenvalue weighted by Crippen LogP contribution is -2.64. The van der Waals surface area contributed by atoms with Crippen LogP contribution in [0.3, 0.4) is 0 Å². The lowest BCUT2D eigenvalue weighted by Gasteiger charge is -2.15. The van der Waals surface area contributed by atoms with Crippen LogP contribution in [0.25, 0.3) is 22.3 Å². The van der Waals surface area contributed by atoms with Crippen molar-refractivity contribution in [3.05, 3.63) is 77.9 Å². The Morgan fingerprint density at radius 3 is 1.50 bits per heavy atom. The van der Waals surface area contributed by atoms with Gasteiger partial charge in [-0.05, 0) is 64.7 Å². The monoisotopic (exact) mass is 484 g/mol. The first-order valence-corrected chi connectivity index (χ1v) is 10.7. The van der Waals surface area contributed by atoms with E-state index in [0.29, 0.717) is 34.6 Å². The molecule has 9 heteroatoms. The van der Waals surface area contributed by atoms with Crippen molar-refractivity contribution in [3.63, 3.8) is 0 Å². The Morgan fingerprint density at radius 2 is 1.12 bits per heavy atom. The van der Waals surface area contributed by atoms with Crippen LogP contribution >= 0.6 is 0 Å². The molecule has 34 heavy (non-hydrogen) atoms. The molecular weight excluding hydrogens is 458 g/mol. The van der Waals surface area contributed by atoms with Crippen molar-refractivity contribution in [2.24, 2.45) is 0 Å². The van der Waals surface area contributed by atoms with Gasteiger partial charge in [-0.15, -0.1) is 0 Å². The molecule has 0 aliphatic rings. The van der Waals surface area contributed by atoms with Gasteiger partial charge >= 0.3 is 12.4 Å². The summed E-state index contributed by atoms with van der Waals surface area (Å²) in [6.07, 6.45) is -7.17. The first-order chi connectivity index (χ1) is 16.0. The minimum Gasteiger partial charge on any atom is -0.487 e. The van der Waals surface area contributed by atoms with Crippen LogP contribution in [0.1, 0.15) is 24.0 Å². The van der Waals surface area contributed by atoms with Crippen molar-refractivity contribution < 1.29 is 42.5 Å². The number of rotatable bonds is 8. The molecule has 0 aromatic heterocycles. The molecule has 1 atom stereocenters. The summed E-state index contributed by atoms with van der Waals surface area (Å²) in [5.74, 6) is 0.454. The zero-order valence-electron chi connectivity index (χ0n) is 18.3. The fraction of sp³-hybridized carbons (Fsp3) is 0.280. The van der Waals surface area contributed by atoms with Crippen LogP contribution in [0.5, 0.6) is 5.75 Å². The van der Waals surface area contributed by atoms with Gasteiger partial charge in [-0.25, -0.2) is 0 Å². The van der Waals surface area contributed by atoms with Gasteiger partial charge in [0.05, 0.1) is 17.7 Å². The highest BCUT2D eigenvalue weighted by atomic mass is 19.4. The number of ether oxygens (including phenoxy) is 1. The molecule has 0 saturated heterocycles. The predicted molar refractivity (Wildman–Crippen MR) is 116 cm³/mol. The summed E-state index contributed by atoms with van der Waals surface area (Å²) in [6, 6.07) is 14.5. The summed E-state index contributed by atoms with van der Waals surface area (Å²) in [4.78, 5) is 0. The molecule has 3 aromatic rings. The molecule has 3 aromatic carbocycles. The van der Waals surface area contributed by atoms with Crippen molar-refractivity contribution in [1.82, 2.24) is 0 Å². The highest BCUT2D eigenvalue weighted by molar-refractivity contribution is 5.75. The van der Waals surface area contributed by atoms with Crippen molar-refractivity contribution in [2.45, 2.75) is 31.2 Å². The van der Waals surface area contributed by atoms with Crippen LogP contribution in [0.4, 0.5) is 26.3 Å². The number of benzene rings is 3. The van der Waals surface area contributed by atoms with Gasteiger partial charge in [0, 0.05) is 12.8 Å². The zero-order valence-corrected chi connectivity index (χ0v) is 18.3. The van der Waals surface area contributed by atoms with Crippen LogP contribution in [0.2, 0.25) is 0 Å². The fourth-order valence-electron chi connectivity index (χ4n) is 3.45. The maximum atomic E-state index is 12.9. The molecule has 0 bridgehead atoms. The highest BCUT2D eigenvalue weighted by Gasteiger charge is 2.31. The minimum absolute atomic E-state index is 0.0194. The average Bonchev–Trinajstić information content (AvgIpc) is 2.80. The van der Waals surface area contributed by atoms with Crippen LogP contribution in [-0.2, 0) is 12.4 Å². The van der Waals surface area contributed by atoms with Gasteiger partial charge in [0.15, 0.2) is 0 Å². The van der Waals surface area contributed by atoms with E-state index in [1.165, 1.54) is 24.3 Å². The largest absolute Gasteiger partial charge is 0.487 e. The van der Waals surface area contributed by atoms with Crippen molar-refractivity contribution in [2.75, 3.05) is 13.2 Å². The molecular formula is C25H26F6N2O+2. The summed E-state index contributed by atoms with van der Waals surface area (Å²) >= 11 is 0. The summed E-state index contributed by atoms with van der Waals surface area (Å²) in [7, 11) is 0. The molecule has 0 saturated carbocycles. The number of halogens is 6. The molecule has 0 radical (unpaired) electrons. The van der Waals surface area contributed by atoms with E-state index in [1.807, 2.05) is 0 Å². The summed E-state index contributed by atoms with van der Waals surface area (Å²) in [6.45, 7) is 1.11. The van der Waals surface area contributed by atoms with E-state index >= 15 is 0 Å². The van der Waals surface area contributed by atoms with Gasteiger partial charge in [0.1, 0.15) is 18.4 Å². The van der Waals surface area contributed by atoms with Crippen LogP contribution in [-0.4, -0.2) is 19.2 Å². The average molecular weight is 484 g/mol. The highest BCUT2D eigenvalue weighted by Crippen LogP contribution is 2.36. The van der Waals surface area contributed by atoms with E-state index in [4.69, 9.17) is 4.74 Å². The minimum atomic E-state index is -4.45. The number of hydrogen-bond donors (Lipinski definition) is 2. The van der Waals surface area contributed by atoms with E-state index < -0.39 is 23.5 Å². The zero-order chi connectivity index (χ0) is 24.9. The fourth-order valence-corrected chi connectivity index (χ4v) is 3.45. The SMILES string of the molecule is [NH3+]CCCC([NH3+])COc1cc(-c2ccc(C(F)(F)F)cc2)cc(-c2ccc(C(F)(F)F)cc2)c1. The number of alkyl halides is 6. The maximum absolute atomic E-state index is 12.9. The lowest BCUT2D eigenvalue weighted by molar-refractivity contribution is -0.429. The van der Waals surface area contributed by atoms with Crippen LogP contribution < -0.4 is 16.2 Å². The second-order valence-electron chi connectivity index (χ2n) is 8.07. The summed E-state index contributed by atoms with van der Waals surface area (Å²) in [5, 5.41) is 0. The van der Waals surface area contributed by atoms with Crippen LogP contribution in [0.15, 0.2) is 66.7 Å². The third-order valence-electron chi connectivity index (χ3n) is 5.35. The van der Waals surface area contributed by atoms with Crippen LogP contribution in [0, 0.1) is 0 Å². The van der Waals surface area contributed by atoms with Gasteiger partial charge in [-0.1, -0.05) is 24.3 Å². The normalized spacial score (nSPS) is 13.1. The standard InChI is InChI=1S/C25H24F6N2O/c26-24(27,28)20-7-3-16(4-8-20)18-12-19(17-5-9-21(10-6-17)25(29,30)31)14-23(13-18)34-15-22(33)2-1-11-32/h3-10,12-14,22H,1-2,11,15,32-33H2/p+2. The quantitative estimate of drug-likeness (QED) is 0.431. The molecule has 0 aliphatic heterocycles. The van der Waals surface area contributed by atoms with E-state index in [1.54, 1.807) is 18.2 Å². The first kappa shape index (κ1) is 25.6. The Bertz CT molecular complexity index is 1000. The summed E-state index contributed by atoms with van der Waals surface area (Å²) < 4.78 is 83.6. The molecule has 0 fully saturated rings. The smallest absolute Gasteiger partial charge is 0.416 e. The molecule has 0 heterocycles. The third-order valence-corrected chi connectivity index (χ3v) is 5.35. The Balaban J connectivity index is 1.96. The Labute approximate surface area is 193 Å². The third kappa shape index (κ3) is 6.74. The molecule has 0 aliphatic carbocycles. The van der Waals surface area contributed by atoms with Gasteiger partial charge < -0.3 is 16.2 Å². The van der Waals surface area contributed by atoms with E-state index in [9.17, 15) is 26.3 Å². The van der Waals surface area contributed by atoms with Gasteiger partial charge in [-0.2, -0.15) is 26.3 Å². The second-order valence-corrected chi connectivity index (χ2v) is 8.07. The second kappa shape index (κ2) is 10.5. The van der Waals surface area contributed by atoms with Gasteiger partial charge in [-0.3, -0.25) is 0 Å². The lowest BCUT2D eigenvalue weighted by atomic mass is 9.97. The van der Waals surface area contributed by atoms with Crippen molar-refractivity contribution in [1.29, 1.82) is 0 Å². The number of hydrogen-bond acceptors (Lipinski definition) is 1. The first-order valence-electron chi connectivity index (χ1n) is 10.7. The Kier molecular flexibility index (Phi) is 7.89. The Morgan fingerprint density at radius 1 is 0.676 bits per heavy atom. The maximum Gasteiger partial charge on any atom is 0.416 e. The van der Waals surface area contributed by atoms with E-state index in [2.05, 4.69) is 11.5 Å². The van der Waals surface area contributed by atoms with E-state index in [0.717, 1.165) is 43.7 Å². The number of quaternary nitrogens is 2. The molecule has 0 spiro atoms. The predicted octanol–water partition coefficient (Wildman–Crippen LogP) is 5.07. The molecule has 182 valence electrons. The van der Waals surface area contributed by atoms with Gasteiger partial charge in [0.25, 0.3) is 0 Å². The van der Waals surface area contributed by atoms with Crippen molar-refractivity contribution >= 4 is 0 Å². The molecule has 1 unspecified atom stereocenters. The Hall–Kier alpha value is -3.04. The molecule has 3 rings (SSSR count). The van der Waals surface area contributed by atoms with Crippen molar-refractivity contribution in [3.8, 4) is 28.0 Å².